The van der Waals surface area contributed by atoms with Gasteiger partial charge in [-0.3, -0.25) is 4.79 Å². The van der Waals surface area contributed by atoms with E-state index in [1.54, 1.807) is 21.1 Å². The second-order valence-corrected chi connectivity index (χ2v) is 4.49. The number of hydrazine groups is 1. The maximum Gasteiger partial charge on any atom is 0.324 e. The van der Waals surface area contributed by atoms with Crippen LogP contribution in [0.3, 0.4) is 0 Å². The van der Waals surface area contributed by atoms with Crippen LogP contribution >= 0.6 is 0 Å². The van der Waals surface area contributed by atoms with Crippen LogP contribution in [0.15, 0.2) is 18.2 Å². The van der Waals surface area contributed by atoms with Crippen molar-refractivity contribution < 1.29 is 19.0 Å². The van der Waals surface area contributed by atoms with Gasteiger partial charge in [0.2, 0.25) is 0 Å². The highest BCUT2D eigenvalue weighted by atomic mass is 16.5. The molecule has 1 heterocycles. The number of rotatable bonds is 5. The maximum absolute atomic E-state index is 11.7. The van der Waals surface area contributed by atoms with E-state index in [1.165, 1.54) is 0 Å². The number of ether oxygens (including phenoxy) is 3. The lowest BCUT2D eigenvalue weighted by atomic mass is 10.0. The minimum absolute atomic E-state index is 0.00902. The van der Waals surface area contributed by atoms with Gasteiger partial charge in [0.15, 0.2) is 0 Å². The van der Waals surface area contributed by atoms with Gasteiger partial charge in [0.05, 0.1) is 26.9 Å². The van der Waals surface area contributed by atoms with Crippen molar-refractivity contribution in [3.05, 3.63) is 23.8 Å². The Morgan fingerprint density at radius 3 is 2.75 bits per heavy atom. The molecule has 2 N–H and O–H groups in total. The Kier molecular flexibility index (Phi) is 4.81. The molecular weight excluding hydrogens is 260 g/mol. The van der Waals surface area contributed by atoms with Gasteiger partial charge in [-0.05, 0) is 19.4 Å². The molecule has 2 rings (SSSR count). The summed E-state index contributed by atoms with van der Waals surface area (Å²) >= 11 is 0. The molecule has 110 valence electrons. The van der Waals surface area contributed by atoms with Gasteiger partial charge >= 0.3 is 5.97 Å². The SMILES string of the molecule is CCOC(=O)C1CC(c2ccc(OC)cc2OC)NN1. The molecule has 6 heteroatoms. The summed E-state index contributed by atoms with van der Waals surface area (Å²) in [7, 11) is 3.23. The number of carbonyl (C=O) groups excluding carboxylic acids is 1. The highest BCUT2D eigenvalue weighted by Gasteiger charge is 2.32. The molecule has 0 radical (unpaired) electrons. The smallest absolute Gasteiger partial charge is 0.324 e. The molecule has 2 unspecified atom stereocenters. The third kappa shape index (κ3) is 3.02. The largest absolute Gasteiger partial charge is 0.497 e. The molecule has 0 amide bonds. The second-order valence-electron chi connectivity index (χ2n) is 4.49. The molecule has 20 heavy (non-hydrogen) atoms. The molecule has 1 fully saturated rings. The van der Waals surface area contributed by atoms with E-state index in [0.29, 0.717) is 13.0 Å². The molecule has 2 atom stereocenters. The lowest BCUT2D eigenvalue weighted by Crippen LogP contribution is -2.37. The molecule has 1 aromatic rings. The summed E-state index contributed by atoms with van der Waals surface area (Å²) in [6, 6.07) is 5.29. The van der Waals surface area contributed by atoms with Gasteiger partial charge in [0, 0.05) is 11.6 Å². The van der Waals surface area contributed by atoms with Crippen LogP contribution in [0, 0.1) is 0 Å². The fourth-order valence-corrected chi connectivity index (χ4v) is 2.26. The molecule has 1 saturated heterocycles. The zero-order chi connectivity index (χ0) is 14.5. The molecule has 0 spiro atoms. The van der Waals surface area contributed by atoms with Gasteiger partial charge in [0.25, 0.3) is 0 Å². The number of nitrogens with one attached hydrogen (secondary N) is 2. The summed E-state index contributed by atoms with van der Waals surface area (Å²) in [6.45, 7) is 2.18. The monoisotopic (exact) mass is 280 g/mol. The maximum atomic E-state index is 11.7. The van der Waals surface area contributed by atoms with E-state index in [4.69, 9.17) is 14.2 Å². The van der Waals surface area contributed by atoms with Gasteiger partial charge in [-0.1, -0.05) is 6.07 Å². The molecule has 0 bridgehead atoms. The van der Waals surface area contributed by atoms with Crippen LogP contribution in [-0.2, 0) is 9.53 Å². The predicted octanol–water partition coefficient (Wildman–Crippen LogP) is 1.17. The Bertz CT molecular complexity index is 478. The number of esters is 1. The van der Waals surface area contributed by atoms with E-state index in [9.17, 15) is 4.79 Å². The minimum atomic E-state index is -0.341. The Hall–Kier alpha value is -1.79. The topological polar surface area (TPSA) is 68.8 Å². The average Bonchev–Trinajstić information content (AvgIpc) is 2.96. The number of hydrogen-bond donors (Lipinski definition) is 2. The Labute approximate surface area is 118 Å². The Morgan fingerprint density at radius 2 is 2.10 bits per heavy atom. The van der Waals surface area contributed by atoms with Crippen molar-refractivity contribution in [2.75, 3.05) is 20.8 Å². The van der Waals surface area contributed by atoms with Crippen LogP contribution in [0.1, 0.15) is 24.9 Å². The summed E-state index contributed by atoms with van der Waals surface area (Å²) in [4.78, 5) is 11.7. The third-order valence-corrected chi connectivity index (χ3v) is 3.29. The summed E-state index contributed by atoms with van der Waals surface area (Å²) in [5, 5.41) is 0. The summed E-state index contributed by atoms with van der Waals surface area (Å²) in [6.07, 6.45) is 0.613. The predicted molar refractivity (Wildman–Crippen MR) is 73.6 cm³/mol. The van der Waals surface area contributed by atoms with Gasteiger partial charge in [-0.15, -0.1) is 0 Å². The minimum Gasteiger partial charge on any atom is -0.497 e. The van der Waals surface area contributed by atoms with E-state index in [-0.39, 0.29) is 18.1 Å². The number of benzene rings is 1. The van der Waals surface area contributed by atoms with Gasteiger partial charge in [0.1, 0.15) is 17.5 Å². The van der Waals surface area contributed by atoms with Crippen LogP contribution < -0.4 is 20.3 Å². The van der Waals surface area contributed by atoms with E-state index in [1.807, 2.05) is 18.2 Å². The van der Waals surface area contributed by atoms with Crippen molar-refractivity contribution in [3.63, 3.8) is 0 Å². The van der Waals surface area contributed by atoms with Crippen molar-refractivity contribution in [1.29, 1.82) is 0 Å². The summed E-state index contributed by atoms with van der Waals surface area (Å²) in [5.41, 5.74) is 7.04. The van der Waals surface area contributed by atoms with E-state index in [0.717, 1.165) is 17.1 Å². The molecule has 1 aliphatic rings. The van der Waals surface area contributed by atoms with E-state index < -0.39 is 0 Å². The van der Waals surface area contributed by atoms with Crippen LogP contribution in [0.2, 0.25) is 0 Å². The highest BCUT2D eigenvalue weighted by Crippen LogP contribution is 2.33. The molecular formula is C14H20N2O4. The molecule has 0 aliphatic carbocycles. The fourth-order valence-electron chi connectivity index (χ4n) is 2.26. The van der Waals surface area contributed by atoms with Crippen molar-refractivity contribution in [2.45, 2.75) is 25.4 Å². The first-order valence-electron chi connectivity index (χ1n) is 6.59. The van der Waals surface area contributed by atoms with Crippen molar-refractivity contribution >= 4 is 5.97 Å². The van der Waals surface area contributed by atoms with Crippen LogP contribution in [0.25, 0.3) is 0 Å². The van der Waals surface area contributed by atoms with Crippen LogP contribution in [0.4, 0.5) is 0 Å². The summed E-state index contributed by atoms with van der Waals surface area (Å²) < 4.78 is 15.6. The molecule has 0 saturated carbocycles. The molecule has 1 aliphatic heterocycles. The first kappa shape index (κ1) is 14.6. The van der Waals surface area contributed by atoms with Gasteiger partial charge < -0.3 is 14.2 Å². The standard InChI is InChI=1S/C14H20N2O4/c1-4-20-14(17)12-8-11(15-16-12)10-6-5-9(18-2)7-13(10)19-3/h5-7,11-12,15-16H,4,8H2,1-3H3. The Balaban J connectivity index is 2.11. The van der Waals surface area contributed by atoms with Crippen molar-refractivity contribution in [3.8, 4) is 11.5 Å². The zero-order valence-corrected chi connectivity index (χ0v) is 11.9. The molecule has 1 aromatic carbocycles. The third-order valence-electron chi connectivity index (χ3n) is 3.29. The van der Waals surface area contributed by atoms with Crippen molar-refractivity contribution in [2.24, 2.45) is 0 Å². The number of methoxy groups -OCH3 is 2. The fraction of sp³-hybridized carbons (Fsp3) is 0.500. The quantitative estimate of drug-likeness (QED) is 0.789. The highest BCUT2D eigenvalue weighted by molar-refractivity contribution is 5.76. The van der Waals surface area contributed by atoms with Crippen LogP contribution in [0.5, 0.6) is 11.5 Å². The van der Waals surface area contributed by atoms with E-state index >= 15 is 0 Å². The first-order chi connectivity index (χ1) is 9.69. The molecule has 0 aromatic heterocycles. The first-order valence-corrected chi connectivity index (χ1v) is 6.59. The number of hydrogen-bond acceptors (Lipinski definition) is 6. The lowest BCUT2D eigenvalue weighted by molar-refractivity contribution is -0.145. The van der Waals surface area contributed by atoms with Gasteiger partial charge in [-0.2, -0.15) is 0 Å². The van der Waals surface area contributed by atoms with E-state index in [2.05, 4.69) is 10.9 Å². The number of carbonyl (C=O) groups is 1. The Morgan fingerprint density at radius 1 is 1.30 bits per heavy atom. The second kappa shape index (κ2) is 6.58. The normalized spacial score (nSPS) is 21.6. The van der Waals surface area contributed by atoms with Gasteiger partial charge in [-0.25, -0.2) is 10.9 Å². The van der Waals surface area contributed by atoms with Crippen molar-refractivity contribution in [1.82, 2.24) is 10.9 Å². The zero-order valence-electron chi connectivity index (χ0n) is 11.9. The molecule has 6 nitrogen and oxygen atoms in total. The van der Waals surface area contributed by atoms with Crippen LogP contribution in [-0.4, -0.2) is 32.8 Å². The average molecular weight is 280 g/mol. The lowest BCUT2D eigenvalue weighted by Gasteiger charge is -2.15. The summed E-state index contributed by atoms with van der Waals surface area (Å²) in [5.74, 6) is 1.22.